The van der Waals surface area contributed by atoms with E-state index >= 15 is 0 Å². The van der Waals surface area contributed by atoms with Gasteiger partial charge in [0.05, 0.1) is 6.04 Å². The highest BCUT2D eigenvalue weighted by molar-refractivity contribution is 5.84. The van der Waals surface area contributed by atoms with Crippen molar-refractivity contribution in [2.75, 3.05) is 19.7 Å². The van der Waals surface area contributed by atoms with Crippen LogP contribution in [0.3, 0.4) is 0 Å². The molecule has 1 aliphatic carbocycles. The molecule has 2 fully saturated rings. The Labute approximate surface area is 172 Å². The van der Waals surface area contributed by atoms with Gasteiger partial charge in [0.1, 0.15) is 11.7 Å². The van der Waals surface area contributed by atoms with Gasteiger partial charge in [0, 0.05) is 32.2 Å². The molecule has 9 heteroatoms. The summed E-state index contributed by atoms with van der Waals surface area (Å²) < 4.78 is 10.9. The minimum atomic E-state index is -1.49. The SMILES string of the molecule is CCCCO[C@H]1CCN(C[C@H](NC(=O)OC(C)(C)C)C(O)C(=O)NC2CC2)C1=O. The molecule has 1 saturated heterocycles. The molecule has 3 atom stereocenters. The Morgan fingerprint density at radius 3 is 2.55 bits per heavy atom. The smallest absolute Gasteiger partial charge is 0.408 e. The molecule has 9 nitrogen and oxygen atoms in total. The summed E-state index contributed by atoms with van der Waals surface area (Å²) in [5.41, 5.74) is -0.725. The lowest BCUT2D eigenvalue weighted by Crippen LogP contribution is -2.56. The van der Waals surface area contributed by atoms with Gasteiger partial charge in [0.25, 0.3) is 11.8 Å². The number of hydrogen-bond acceptors (Lipinski definition) is 6. The monoisotopic (exact) mass is 413 g/mol. The molecule has 0 spiro atoms. The zero-order valence-corrected chi connectivity index (χ0v) is 17.9. The summed E-state index contributed by atoms with van der Waals surface area (Å²) in [5, 5.41) is 15.8. The Hall–Kier alpha value is -1.87. The number of carbonyl (C=O) groups is 3. The zero-order valence-electron chi connectivity index (χ0n) is 17.9. The van der Waals surface area contributed by atoms with E-state index < -0.39 is 35.9 Å². The molecule has 0 aromatic heterocycles. The van der Waals surface area contributed by atoms with Crippen molar-refractivity contribution < 1.29 is 29.0 Å². The number of hydrogen-bond donors (Lipinski definition) is 3. The van der Waals surface area contributed by atoms with E-state index in [1.807, 2.05) is 6.92 Å². The third kappa shape index (κ3) is 7.81. The van der Waals surface area contributed by atoms with Crippen molar-refractivity contribution in [1.82, 2.24) is 15.5 Å². The highest BCUT2D eigenvalue weighted by atomic mass is 16.6. The number of rotatable bonds is 10. The molecule has 2 aliphatic rings. The molecule has 1 heterocycles. The first kappa shape index (κ1) is 23.4. The van der Waals surface area contributed by atoms with Crippen molar-refractivity contribution in [2.45, 2.75) is 89.7 Å². The van der Waals surface area contributed by atoms with Gasteiger partial charge in [-0.1, -0.05) is 13.3 Å². The number of nitrogens with one attached hydrogen (secondary N) is 2. The van der Waals surface area contributed by atoms with E-state index in [0.717, 1.165) is 25.7 Å². The molecule has 3 N–H and O–H groups in total. The number of ether oxygens (including phenoxy) is 2. The molecule has 1 unspecified atom stereocenters. The van der Waals surface area contributed by atoms with E-state index in [1.54, 1.807) is 20.8 Å². The molecule has 1 saturated carbocycles. The molecule has 0 bridgehead atoms. The molecular weight excluding hydrogens is 378 g/mol. The lowest BCUT2D eigenvalue weighted by Gasteiger charge is -2.29. The second kappa shape index (κ2) is 10.2. The molecule has 29 heavy (non-hydrogen) atoms. The third-order valence-electron chi connectivity index (χ3n) is 4.76. The van der Waals surface area contributed by atoms with Crippen molar-refractivity contribution in [3.05, 3.63) is 0 Å². The first-order valence-electron chi connectivity index (χ1n) is 10.5. The minimum Gasteiger partial charge on any atom is -0.444 e. The summed E-state index contributed by atoms with van der Waals surface area (Å²) in [7, 11) is 0. The normalized spacial score (nSPS) is 21.6. The first-order valence-corrected chi connectivity index (χ1v) is 10.5. The Morgan fingerprint density at radius 2 is 1.97 bits per heavy atom. The van der Waals surface area contributed by atoms with Gasteiger partial charge in [-0.05, 0) is 40.0 Å². The second-order valence-corrected chi connectivity index (χ2v) is 8.77. The van der Waals surface area contributed by atoms with Gasteiger partial charge >= 0.3 is 6.09 Å². The van der Waals surface area contributed by atoms with Crippen molar-refractivity contribution >= 4 is 17.9 Å². The Kier molecular flexibility index (Phi) is 8.27. The average Bonchev–Trinajstić information content (AvgIpc) is 3.37. The maximum Gasteiger partial charge on any atom is 0.408 e. The van der Waals surface area contributed by atoms with Crippen LogP contribution in [-0.2, 0) is 19.1 Å². The van der Waals surface area contributed by atoms with Crippen molar-refractivity contribution in [3.63, 3.8) is 0 Å². The van der Waals surface area contributed by atoms with Crippen molar-refractivity contribution in [3.8, 4) is 0 Å². The summed E-state index contributed by atoms with van der Waals surface area (Å²) in [6.07, 6.45) is 1.42. The van der Waals surface area contributed by atoms with Crippen LogP contribution in [0, 0.1) is 0 Å². The fourth-order valence-electron chi connectivity index (χ4n) is 3.03. The summed E-state index contributed by atoms with van der Waals surface area (Å²) >= 11 is 0. The lowest BCUT2D eigenvalue weighted by molar-refractivity contribution is -0.139. The second-order valence-electron chi connectivity index (χ2n) is 8.77. The number of unbranched alkanes of at least 4 members (excludes halogenated alkanes) is 1. The summed E-state index contributed by atoms with van der Waals surface area (Å²) in [4.78, 5) is 38.7. The fraction of sp³-hybridized carbons (Fsp3) is 0.850. The fourth-order valence-corrected chi connectivity index (χ4v) is 3.03. The van der Waals surface area contributed by atoms with E-state index in [1.165, 1.54) is 4.90 Å². The number of nitrogens with zero attached hydrogens (tertiary/aromatic N) is 1. The maximum absolute atomic E-state index is 12.6. The van der Waals surface area contributed by atoms with Crippen LogP contribution < -0.4 is 10.6 Å². The Balaban J connectivity index is 1.99. The van der Waals surface area contributed by atoms with Crippen molar-refractivity contribution in [1.29, 1.82) is 0 Å². The molecule has 1 aliphatic heterocycles. The molecule has 0 radical (unpaired) electrons. The number of aliphatic hydroxyl groups excluding tert-OH is 1. The third-order valence-corrected chi connectivity index (χ3v) is 4.76. The summed E-state index contributed by atoms with van der Waals surface area (Å²) in [5.74, 6) is -0.747. The highest BCUT2D eigenvalue weighted by Crippen LogP contribution is 2.20. The van der Waals surface area contributed by atoms with Crippen LogP contribution in [0.4, 0.5) is 4.79 Å². The van der Waals surface area contributed by atoms with Gasteiger partial charge in [-0.15, -0.1) is 0 Å². The molecule has 2 rings (SSSR count). The Morgan fingerprint density at radius 1 is 1.28 bits per heavy atom. The Bertz CT molecular complexity index is 587. The van der Waals surface area contributed by atoms with Crippen LogP contribution in [0.5, 0.6) is 0 Å². The standard InChI is InChI=1S/C20H35N3O6/c1-5-6-11-28-15-9-10-23(18(15)26)12-14(22-19(27)29-20(2,3)4)16(24)17(25)21-13-7-8-13/h13-16,24H,5-12H2,1-4H3,(H,21,25)(H,22,27)/t14-,15-,16?/m0/s1. The molecular formula is C20H35N3O6. The van der Waals surface area contributed by atoms with E-state index in [0.29, 0.717) is 19.6 Å². The molecule has 3 amide bonds. The molecule has 0 aromatic carbocycles. The van der Waals surface area contributed by atoms with E-state index in [4.69, 9.17) is 9.47 Å². The summed E-state index contributed by atoms with van der Waals surface area (Å²) in [6, 6.07) is -0.911. The van der Waals surface area contributed by atoms with Gasteiger partial charge in [-0.2, -0.15) is 0 Å². The first-order chi connectivity index (χ1) is 13.6. The lowest BCUT2D eigenvalue weighted by atomic mass is 10.1. The maximum atomic E-state index is 12.6. The van der Waals surface area contributed by atoms with Crippen LogP contribution >= 0.6 is 0 Å². The van der Waals surface area contributed by atoms with Crippen LogP contribution in [0.25, 0.3) is 0 Å². The summed E-state index contributed by atoms with van der Waals surface area (Å²) in [6.45, 7) is 8.18. The van der Waals surface area contributed by atoms with Crippen molar-refractivity contribution in [2.24, 2.45) is 0 Å². The van der Waals surface area contributed by atoms with Gasteiger partial charge in [-0.3, -0.25) is 9.59 Å². The van der Waals surface area contributed by atoms with Crippen LogP contribution in [0.2, 0.25) is 0 Å². The van der Waals surface area contributed by atoms with Gasteiger partial charge in [0.2, 0.25) is 0 Å². The number of aliphatic hydroxyl groups is 1. The largest absolute Gasteiger partial charge is 0.444 e. The predicted molar refractivity (Wildman–Crippen MR) is 106 cm³/mol. The number of alkyl carbamates (subject to hydrolysis) is 1. The zero-order chi connectivity index (χ0) is 21.6. The van der Waals surface area contributed by atoms with E-state index in [9.17, 15) is 19.5 Å². The van der Waals surface area contributed by atoms with Crippen LogP contribution in [0.1, 0.15) is 59.8 Å². The van der Waals surface area contributed by atoms with Crippen LogP contribution in [0.15, 0.2) is 0 Å². The van der Waals surface area contributed by atoms with Gasteiger partial charge in [0.15, 0.2) is 6.10 Å². The van der Waals surface area contributed by atoms with E-state index in [-0.39, 0.29) is 18.5 Å². The predicted octanol–water partition coefficient (Wildman–Crippen LogP) is 0.937. The van der Waals surface area contributed by atoms with Crippen LogP contribution in [-0.4, -0.2) is 77.5 Å². The van der Waals surface area contributed by atoms with E-state index in [2.05, 4.69) is 10.6 Å². The molecule has 166 valence electrons. The average molecular weight is 414 g/mol. The van der Waals surface area contributed by atoms with Gasteiger partial charge in [-0.25, -0.2) is 4.79 Å². The topological polar surface area (TPSA) is 117 Å². The van der Waals surface area contributed by atoms with Gasteiger partial charge < -0.3 is 30.1 Å². The minimum absolute atomic E-state index is 0.00493. The highest BCUT2D eigenvalue weighted by Gasteiger charge is 2.38. The quantitative estimate of drug-likeness (QED) is 0.459. The molecule has 0 aromatic rings. The number of carbonyl (C=O) groups excluding carboxylic acids is 3. The number of amides is 3. The number of likely N-dealkylation sites (tertiary alicyclic amines) is 1.